The minimum absolute atomic E-state index is 0.00141. The Morgan fingerprint density at radius 2 is 2.06 bits per heavy atom. The molecular weight excluding hydrogens is 216 g/mol. The van der Waals surface area contributed by atoms with E-state index in [4.69, 9.17) is 4.74 Å². The molecule has 0 aromatic carbocycles. The summed E-state index contributed by atoms with van der Waals surface area (Å²) in [4.78, 5) is 11.9. The topological polar surface area (TPSA) is 46.5 Å². The van der Waals surface area contributed by atoms with Gasteiger partial charge in [-0.1, -0.05) is 19.3 Å². The SMILES string of the molecule is CCOC(C1CCCCC1)C1(O)CCCC1=O. The molecule has 2 aliphatic carbocycles. The van der Waals surface area contributed by atoms with Crippen molar-refractivity contribution in [2.75, 3.05) is 6.61 Å². The lowest BCUT2D eigenvalue weighted by molar-refractivity contribution is -0.161. The zero-order valence-electron chi connectivity index (χ0n) is 10.8. The Kier molecular flexibility index (Phi) is 4.21. The van der Waals surface area contributed by atoms with Crippen molar-refractivity contribution in [3.8, 4) is 0 Å². The molecule has 0 amide bonds. The second-order valence-corrected chi connectivity index (χ2v) is 5.48. The monoisotopic (exact) mass is 240 g/mol. The van der Waals surface area contributed by atoms with Crippen LogP contribution in [0.25, 0.3) is 0 Å². The van der Waals surface area contributed by atoms with Crippen molar-refractivity contribution in [3.63, 3.8) is 0 Å². The summed E-state index contributed by atoms with van der Waals surface area (Å²) >= 11 is 0. The maximum atomic E-state index is 11.9. The van der Waals surface area contributed by atoms with Gasteiger partial charge >= 0.3 is 0 Å². The van der Waals surface area contributed by atoms with Gasteiger partial charge in [-0.15, -0.1) is 0 Å². The number of carbonyl (C=O) groups excluding carboxylic acids is 1. The number of hydrogen-bond donors (Lipinski definition) is 1. The van der Waals surface area contributed by atoms with Crippen LogP contribution < -0.4 is 0 Å². The van der Waals surface area contributed by atoms with Crippen molar-refractivity contribution < 1.29 is 14.6 Å². The predicted molar refractivity (Wildman–Crippen MR) is 65.8 cm³/mol. The summed E-state index contributed by atoms with van der Waals surface area (Å²) in [5.41, 5.74) is -1.18. The molecule has 2 rings (SSSR count). The predicted octanol–water partition coefficient (Wildman–Crippen LogP) is 2.46. The maximum Gasteiger partial charge on any atom is 0.167 e. The van der Waals surface area contributed by atoms with Gasteiger partial charge in [0.1, 0.15) is 5.60 Å². The Morgan fingerprint density at radius 3 is 2.59 bits per heavy atom. The highest BCUT2D eigenvalue weighted by molar-refractivity contribution is 5.89. The Hall–Kier alpha value is -0.410. The standard InChI is InChI=1S/C14H24O3/c1-2-17-13(11-7-4-3-5-8-11)14(16)10-6-9-12(14)15/h11,13,16H,2-10H2,1H3. The van der Waals surface area contributed by atoms with E-state index in [-0.39, 0.29) is 11.9 Å². The second kappa shape index (κ2) is 5.49. The van der Waals surface area contributed by atoms with Crippen LogP contribution in [0.1, 0.15) is 58.3 Å². The largest absolute Gasteiger partial charge is 0.379 e. The van der Waals surface area contributed by atoms with Crippen molar-refractivity contribution in [1.29, 1.82) is 0 Å². The van der Waals surface area contributed by atoms with Gasteiger partial charge < -0.3 is 9.84 Å². The molecule has 0 spiro atoms. The molecule has 3 heteroatoms. The van der Waals surface area contributed by atoms with E-state index in [2.05, 4.69) is 0 Å². The third kappa shape index (κ3) is 2.55. The maximum absolute atomic E-state index is 11.9. The van der Waals surface area contributed by atoms with Gasteiger partial charge in [0.2, 0.25) is 0 Å². The lowest BCUT2D eigenvalue weighted by Crippen LogP contribution is -2.51. The third-order valence-corrected chi connectivity index (χ3v) is 4.34. The van der Waals surface area contributed by atoms with Gasteiger partial charge in [-0.2, -0.15) is 0 Å². The molecule has 3 nitrogen and oxygen atoms in total. The first-order valence-corrected chi connectivity index (χ1v) is 7.05. The van der Waals surface area contributed by atoms with E-state index in [9.17, 15) is 9.90 Å². The van der Waals surface area contributed by atoms with Crippen molar-refractivity contribution in [1.82, 2.24) is 0 Å². The molecule has 98 valence electrons. The van der Waals surface area contributed by atoms with E-state index < -0.39 is 5.60 Å². The van der Waals surface area contributed by atoms with Gasteiger partial charge in [0.05, 0.1) is 6.10 Å². The van der Waals surface area contributed by atoms with Crippen LogP contribution in [-0.4, -0.2) is 29.2 Å². The second-order valence-electron chi connectivity index (χ2n) is 5.48. The highest BCUT2D eigenvalue weighted by Gasteiger charge is 2.50. The average Bonchev–Trinajstić information content (AvgIpc) is 2.68. The van der Waals surface area contributed by atoms with E-state index in [1.807, 2.05) is 6.92 Å². The summed E-state index contributed by atoms with van der Waals surface area (Å²) in [5.74, 6) is 0.372. The summed E-state index contributed by atoms with van der Waals surface area (Å²) in [7, 11) is 0. The van der Waals surface area contributed by atoms with Crippen molar-refractivity contribution in [3.05, 3.63) is 0 Å². The Labute approximate surface area is 104 Å². The number of ether oxygens (including phenoxy) is 1. The minimum Gasteiger partial charge on any atom is -0.379 e. The molecule has 0 aromatic rings. The highest BCUT2D eigenvalue weighted by Crippen LogP contribution is 2.39. The molecule has 0 bridgehead atoms. The van der Waals surface area contributed by atoms with Crippen LogP contribution in [0.4, 0.5) is 0 Å². The molecule has 2 saturated carbocycles. The Balaban J connectivity index is 2.12. The fourth-order valence-electron chi connectivity index (χ4n) is 3.46. The molecule has 2 aliphatic rings. The Bertz CT molecular complexity index is 271. The molecule has 2 atom stereocenters. The first-order chi connectivity index (χ1) is 8.18. The summed E-state index contributed by atoms with van der Waals surface area (Å²) < 4.78 is 5.77. The Morgan fingerprint density at radius 1 is 1.35 bits per heavy atom. The fourth-order valence-corrected chi connectivity index (χ4v) is 3.46. The van der Waals surface area contributed by atoms with Gasteiger partial charge in [0, 0.05) is 13.0 Å². The summed E-state index contributed by atoms with van der Waals surface area (Å²) in [6, 6.07) is 0. The van der Waals surface area contributed by atoms with Crippen LogP contribution in [0.5, 0.6) is 0 Å². The van der Waals surface area contributed by atoms with Crippen LogP contribution in [-0.2, 0) is 9.53 Å². The van der Waals surface area contributed by atoms with Crippen molar-refractivity contribution >= 4 is 5.78 Å². The molecule has 0 aliphatic heterocycles. The van der Waals surface area contributed by atoms with Crippen molar-refractivity contribution in [2.45, 2.75) is 70.0 Å². The van der Waals surface area contributed by atoms with Crippen LogP contribution in [0.2, 0.25) is 0 Å². The number of carbonyl (C=O) groups is 1. The lowest BCUT2D eigenvalue weighted by atomic mass is 9.77. The van der Waals surface area contributed by atoms with Gasteiger partial charge in [0.25, 0.3) is 0 Å². The van der Waals surface area contributed by atoms with E-state index in [1.165, 1.54) is 19.3 Å². The van der Waals surface area contributed by atoms with E-state index in [1.54, 1.807) is 0 Å². The lowest BCUT2D eigenvalue weighted by Gasteiger charge is -2.38. The first kappa shape index (κ1) is 13.0. The van der Waals surface area contributed by atoms with E-state index >= 15 is 0 Å². The number of ketones is 1. The average molecular weight is 240 g/mol. The van der Waals surface area contributed by atoms with Crippen LogP contribution in [0, 0.1) is 5.92 Å². The summed E-state index contributed by atoms with van der Waals surface area (Å²) in [6.45, 7) is 2.52. The van der Waals surface area contributed by atoms with Gasteiger partial charge in [0.15, 0.2) is 5.78 Å². The van der Waals surface area contributed by atoms with E-state index in [0.717, 1.165) is 19.3 Å². The number of aliphatic hydroxyl groups is 1. The minimum atomic E-state index is -1.18. The molecule has 0 saturated heterocycles. The summed E-state index contributed by atoms with van der Waals surface area (Å²) in [5, 5.41) is 10.6. The van der Waals surface area contributed by atoms with E-state index in [0.29, 0.717) is 25.4 Å². The molecule has 17 heavy (non-hydrogen) atoms. The molecule has 2 fully saturated rings. The molecule has 1 N–H and O–H groups in total. The zero-order valence-corrected chi connectivity index (χ0v) is 10.8. The summed E-state index contributed by atoms with van der Waals surface area (Å²) in [6.07, 6.45) is 7.55. The fraction of sp³-hybridized carbons (Fsp3) is 0.929. The number of Topliss-reactive ketones (excluding diaryl/α,β-unsaturated/α-hetero) is 1. The highest BCUT2D eigenvalue weighted by atomic mass is 16.5. The van der Waals surface area contributed by atoms with Crippen LogP contribution >= 0.6 is 0 Å². The molecular formula is C14H24O3. The van der Waals surface area contributed by atoms with Gasteiger partial charge in [-0.25, -0.2) is 0 Å². The van der Waals surface area contributed by atoms with Gasteiger partial charge in [-0.05, 0) is 38.5 Å². The smallest absolute Gasteiger partial charge is 0.167 e. The zero-order chi connectivity index (χ0) is 12.3. The molecule has 0 radical (unpaired) electrons. The van der Waals surface area contributed by atoms with Crippen LogP contribution in [0.15, 0.2) is 0 Å². The third-order valence-electron chi connectivity index (χ3n) is 4.34. The number of hydrogen-bond acceptors (Lipinski definition) is 3. The number of rotatable bonds is 4. The quantitative estimate of drug-likeness (QED) is 0.821. The molecule has 0 heterocycles. The van der Waals surface area contributed by atoms with Crippen LogP contribution in [0.3, 0.4) is 0 Å². The normalized spacial score (nSPS) is 32.9. The first-order valence-electron chi connectivity index (χ1n) is 7.05. The van der Waals surface area contributed by atoms with Gasteiger partial charge in [-0.3, -0.25) is 4.79 Å². The molecule has 0 aromatic heterocycles. The van der Waals surface area contributed by atoms with Crippen molar-refractivity contribution in [2.24, 2.45) is 5.92 Å². The molecule has 2 unspecified atom stereocenters.